The van der Waals surface area contributed by atoms with Crippen molar-refractivity contribution in [2.75, 3.05) is 44.7 Å². The molecule has 0 saturated carbocycles. The summed E-state index contributed by atoms with van der Waals surface area (Å²) in [5, 5.41) is 0.470. The normalized spacial score (nSPS) is 15.8. The molecule has 0 amide bonds. The summed E-state index contributed by atoms with van der Waals surface area (Å²) in [6.45, 7) is 7.45. The van der Waals surface area contributed by atoms with Crippen LogP contribution in [-0.2, 0) is 11.3 Å². The third-order valence-corrected chi connectivity index (χ3v) is 3.70. The highest BCUT2D eigenvalue weighted by Crippen LogP contribution is 2.16. The predicted molar refractivity (Wildman–Crippen MR) is 81.3 cm³/mol. The quantitative estimate of drug-likeness (QED) is 0.722. The number of hydrogen-bond donors (Lipinski definition) is 0. The summed E-state index contributed by atoms with van der Waals surface area (Å²) >= 11 is 6.06. The number of likely N-dealkylation sites (tertiary alicyclic amines) is 1. The molecule has 1 fully saturated rings. The molecule has 2 heterocycles. The number of halogens is 1. The molecule has 2 rings (SSSR count). The fourth-order valence-electron chi connectivity index (χ4n) is 2.32. The number of nitrogens with zero attached hydrogens (tertiary/aromatic N) is 4. The van der Waals surface area contributed by atoms with E-state index in [0.29, 0.717) is 24.2 Å². The Balaban J connectivity index is 1.93. The Hall–Kier alpha value is -0.910. The van der Waals surface area contributed by atoms with Crippen molar-refractivity contribution in [1.29, 1.82) is 0 Å². The van der Waals surface area contributed by atoms with Crippen LogP contribution >= 0.6 is 11.6 Å². The van der Waals surface area contributed by atoms with Crippen LogP contribution in [0.15, 0.2) is 6.07 Å². The van der Waals surface area contributed by atoms with E-state index in [1.54, 1.807) is 6.07 Å². The molecule has 0 bridgehead atoms. The molecule has 0 unspecified atom stereocenters. The lowest BCUT2D eigenvalue weighted by molar-refractivity contribution is 0.128. The molecule has 0 aromatic carbocycles. The summed E-state index contributed by atoms with van der Waals surface area (Å²) in [7, 11) is 2.04. The lowest BCUT2D eigenvalue weighted by Crippen LogP contribution is -2.32. The fraction of sp³-hybridized carbons (Fsp3) is 0.714. The average molecular weight is 299 g/mol. The van der Waals surface area contributed by atoms with Crippen LogP contribution in [0.5, 0.6) is 0 Å². The number of hydrogen-bond acceptors (Lipinski definition) is 5. The van der Waals surface area contributed by atoms with Crippen molar-refractivity contribution in [3.05, 3.63) is 17.0 Å². The molecule has 0 radical (unpaired) electrons. The molecule has 1 saturated heterocycles. The van der Waals surface area contributed by atoms with E-state index in [4.69, 9.17) is 16.3 Å². The molecule has 6 heteroatoms. The zero-order valence-electron chi connectivity index (χ0n) is 12.3. The summed E-state index contributed by atoms with van der Waals surface area (Å²) < 4.78 is 5.34. The summed E-state index contributed by atoms with van der Waals surface area (Å²) in [6, 6.07) is 1.81. The highest BCUT2D eigenvalue weighted by Gasteiger charge is 2.13. The monoisotopic (exact) mass is 298 g/mol. The Morgan fingerprint density at radius 1 is 1.35 bits per heavy atom. The van der Waals surface area contributed by atoms with Crippen LogP contribution < -0.4 is 4.90 Å². The summed E-state index contributed by atoms with van der Waals surface area (Å²) in [5.74, 6) is 1.50. The smallest absolute Gasteiger partial charge is 0.158 e. The standard InChI is InChI=1S/C14H23ClN4O/c1-3-20-11-13-16-12(15)10-14(17-13)18(2)8-9-19-6-4-5-7-19/h10H,3-9,11H2,1-2H3. The zero-order chi connectivity index (χ0) is 14.4. The summed E-state index contributed by atoms with van der Waals surface area (Å²) in [4.78, 5) is 13.3. The van der Waals surface area contributed by atoms with Gasteiger partial charge in [-0.1, -0.05) is 11.6 Å². The van der Waals surface area contributed by atoms with Gasteiger partial charge in [0.25, 0.3) is 0 Å². The molecule has 1 aliphatic heterocycles. The predicted octanol–water partition coefficient (Wildman–Crippen LogP) is 2.20. The van der Waals surface area contributed by atoms with Crippen LogP contribution in [0.4, 0.5) is 5.82 Å². The zero-order valence-corrected chi connectivity index (χ0v) is 13.1. The van der Waals surface area contributed by atoms with Crippen molar-refractivity contribution in [2.45, 2.75) is 26.4 Å². The largest absolute Gasteiger partial charge is 0.374 e. The third kappa shape index (κ3) is 4.58. The van der Waals surface area contributed by atoms with Gasteiger partial charge >= 0.3 is 0 Å². The SMILES string of the molecule is CCOCc1nc(Cl)cc(N(C)CCN2CCCC2)n1. The molecular formula is C14H23ClN4O. The lowest BCUT2D eigenvalue weighted by Gasteiger charge is -2.22. The van der Waals surface area contributed by atoms with Crippen LogP contribution in [-0.4, -0.2) is 54.7 Å². The second-order valence-electron chi connectivity index (χ2n) is 5.07. The Morgan fingerprint density at radius 2 is 2.10 bits per heavy atom. The molecule has 20 heavy (non-hydrogen) atoms. The van der Waals surface area contributed by atoms with E-state index in [0.717, 1.165) is 18.9 Å². The Morgan fingerprint density at radius 3 is 2.80 bits per heavy atom. The molecule has 0 spiro atoms. The van der Waals surface area contributed by atoms with Gasteiger partial charge in [0.05, 0.1) is 0 Å². The molecule has 0 N–H and O–H groups in total. The molecule has 112 valence electrons. The van der Waals surface area contributed by atoms with Crippen molar-refractivity contribution in [3.63, 3.8) is 0 Å². The van der Waals surface area contributed by atoms with Crippen molar-refractivity contribution < 1.29 is 4.74 Å². The van der Waals surface area contributed by atoms with Crippen molar-refractivity contribution >= 4 is 17.4 Å². The Labute approximate surface area is 125 Å². The van der Waals surface area contributed by atoms with Crippen LogP contribution in [0, 0.1) is 0 Å². The second kappa shape index (κ2) is 7.76. The summed E-state index contributed by atoms with van der Waals surface area (Å²) in [5.41, 5.74) is 0. The van der Waals surface area contributed by atoms with Gasteiger partial charge in [-0.25, -0.2) is 9.97 Å². The van der Waals surface area contributed by atoms with E-state index in [2.05, 4.69) is 19.8 Å². The van der Waals surface area contributed by atoms with E-state index in [1.165, 1.54) is 25.9 Å². The maximum atomic E-state index is 6.06. The van der Waals surface area contributed by atoms with Gasteiger partial charge in [-0.15, -0.1) is 0 Å². The first-order valence-corrected chi connectivity index (χ1v) is 7.61. The van der Waals surface area contributed by atoms with Crippen LogP contribution in [0.2, 0.25) is 5.15 Å². The highest BCUT2D eigenvalue weighted by molar-refractivity contribution is 6.29. The van der Waals surface area contributed by atoms with Gasteiger partial charge in [-0.2, -0.15) is 0 Å². The second-order valence-corrected chi connectivity index (χ2v) is 5.46. The van der Waals surface area contributed by atoms with Gasteiger partial charge < -0.3 is 14.5 Å². The van der Waals surface area contributed by atoms with Gasteiger partial charge in [0.1, 0.15) is 17.6 Å². The van der Waals surface area contributed by atoms with Crippen molar-refractivity contribution in [1.82, 2.24) is 14.9 Å². The van der Waals surface area contributed by atoms with E-state index in [9.17, 15) is 0 Å². The fourth-order valence-corrected chi connectivity index (χ4v) is 2.51. The molecule has 0 atom stereocenters. The van der Waals surface area contributed by atoms with Crippen molar-refractivity contribution in [2.24, 2.45) is 0 Å². The van der Waals surface area contributed by atoms with Gasteiger partial charge in [0.2, 0.25) is 0 Å². The molecule has 0 aliphatic carbocycles. The topological polar surface area (TPSA) is 41.5 Å². The van der Waals surface area contributed by atoms with Gasteiger partial charge in [-0.05, 0) is 32.9 Å². The minimum atomic E-state index is 0.407. The number of likely N-dealkylation sites (N-methyl/N-ethyl adjacent to an activating group) is 1. The van der Waals surface area contributed by atoms with E-state index >= 15 is 0 Å². The maximum absolute atomic E-state index is 6.06. The third-order valence-electron chi connectivity index (χ3n) is 3.50. The first kappa shape index (κ1) is 15.5. The number of rotatable bonds is 7. The average Bonchev–Trinajstić information content (AvgIpc) is 2.95. The maximum Gasteiger partial charge on any atom is 0.158 e. The van der Waals surface area contributed by atoms with Crippen molar-refractivity contribution in [3.8, 4) is 0 Å². The first-order chi connectivity index (χ1) is 9.69. The number of aromatic nitrogens is 2. The van der Waals surface area contributed by atoms with E-state index in [1.807, 2.05) is 14.0 Å². The molecule has 1 aromatic rings. The minimum Gasteiger partial charge on any atom is -0.374 e. The molecule has 1 aromatic heterocycles. The van der Waals surface area contributed by atoms with E-state index < -0.39 is 0 Å². The first-order valence-electron chi connectivity index (χ1n) is 7.23. The Bertz CT molecular complexity index is 424. The molecular weight excluding hydrogens is 276 g/mol. The summed E-state index contributed by atoms with van der Waals surface area (Å²) in [6.07, 6.45) is 2.64. The van der Waals surface area contributed by atoms with E-state index in [-0.39, 0.29) is 0 Å². The van der Waals surface area contributed by atoms with Gasteiger partial charge in [0.15, 0.2) is 5.82 Å². The number of ether oxygens (including phenoxy) is 1. The van der Waals surface area contributed by atoms with Crippen LogP contribution in [0.3, 0.4) is 0 Å². The lowest BCUT2D eigenvalue weighted by atomic mass is 10.4. The minimum absolute atomic E-state index is 0.407. The Kier molecular flexibility index (Phi) is 6.01. The highest BCUT2D eigenvalue weighted by atomic mass is 35.5. The van der Waals surface area contributed by atoms with Crippen LogP contribution in [0.25, 0.3) is 0 Å². The molecule has 1 aliphatic rings. The number of anilines is 1. The van der Waals surface area contributed by atoms with Crippen LogP contribution in [0.1, 0.15) is 25.6 Å². The van der Waals surface area contributed by atoms with Gasteiger partial charge in [0, 0.05) is 32.8 Å². The van der Waals surface area contributed by atoms with Gasteiger partial charge in [-0.3, -0.25) is 0 Å². The molecule has 5 nitrogen and oxygen atoms in total.